The Bertz CT molecular complexity index is 759. The number of likely N-dealkylation sites (tertiary alicyclic amines) is 1. The standard InChI is InChI=1S/C20H24N2O5/c23-19(16-5-2-9-22(13-16)14-18-7-3-10-26-18)21-8-11-27-17-6-1-4-15(12-17)20(24)25/h1,3-4,6-7,10,12,16H,2,5,8-9,11,13-14H2,(H,21,23)(H,24,25). The van der Waals surface area contributed by atoms with Crippen LogP contribution in [0.25, 0.3) is 0 Å². The summed E-state index contributed by atoms with van der Waals surface area (Å²) < 4.78 is 10.9. The predicted octanol–water partition coefficient (Wildman–Crippen LogP) is 2.39. The van der Waals surface area contributed by atoms with Crippen LogP contribution in [0.4, 0.5) is 0 Å². The van der Waals surface area contributed by atoms with Crippen molar-refractivity contribution in [2.75, 3.05) is 26.2 Å². The van der Waals surface area contributed by atoms with Crippen molar-refractivity contribution >= 4 is 11.9 Å². The van der Waals surface area contributed by atoms with Gasteiger partial charge in [0.05, 0.1) is 30.8 Å². The zero-order chi connectivity index (χ0) is 19.1. The number of carboxylic acids is 1. The fraction of sp³-hybridized carbons (Fsp3) is 0.400. The number of hydrogen-bond donors (Lipinski definition) is 2. The van der Waals surface area contributed by atoms with Crippen molar-refractivity contribution in [3.05, 3.63) is 54.0 Å². The zero-order valence-corrected chi connectivity index (χ0v) is 15.1. The highest BCUT2D eigenvalue weighted by atomic mass is 16.5. The molecule has 0 saturated carbocycles. The molecule has 0 spiro atoms. The van der Waals surface area contributed by atoms with Crippen LogP contribution >= 0.6 is 0 Å². The van der Waals surface area contributed by atoms with Crippen molar-refractivity contribution in [2.45, 2.75) is 19.4 Å². The van der Waals surface area contributed by atoms with E-state index in [1.54, 1.807) is 18.4 Å². The second kappa shape index (κ2) is 9.23. The number of carbonyl (C=O) groups is 2. The smallest absolute Gasteiger partial charge is 0.335 e. The summed E-state index contributed by atoms with van der Waals surface area (Å²) in [5, 5.41) is 11.9. The average molecular weight is 372 g/mol. The van der Waals surface area contributed by atoms with E-state index in [1.807, 2.05) is 12.1 Å². The van der Waals surface area contributed by atoms with Crippen molar-refractivity contribution in [3.8, 4) is 5.75 Å². The Morgan fingerprint density at radius 2 is 2.19 bits per heavy atom. The second-order valence-corrected chi connectivity index (χ2v) is 6.63. The molecular weight excluding hydrogens is 348 g/mol. The van der Waals surface area contributed by atoms with Crippen LogP contribution in [-0.2, 0) is 11.3 Å². The lowest BCUT2D eigenvalue weighted by atomic mass is 9.97. The van der Waals surface area contributed by atoms with E-state index in [1.165, 1.54) is 12.1 Å². The van der Waals surface area contributed by atoms with Crippen LogP contribution in [0.1, 0.15) is 29.0 Å². The lowest BCUT2D eigenvalue weighted by Gasteiger charge is -2.31. The summed E-state index contributed by atoms with van der Waals surface area (Å²) in [6, 6.07) is 10.1. The predicted molar refractivity (Wildman–Crippen MR) is 98.6 cm³/mol. The monoisotopic (exact) mass is 372 g/mol. The Morgan fingerprint density at radius 1 is 1.30 bits per heavy atom. The molecule has 2 aromatic rings. The van der Waals surface area contributed by atoms with Gasteiger partial charge in [-0.25, -0.2) is 4.79 Å². The number of benzene rings is 1. The number of aromatic carboxylic acids is 1. The molecule has 1 unspecified atom stereocenters. The molecule has 1 aliphatic rings. The number of piperidine rings is 1. The number of carbonyl (C=O) groups excluding carboxylic acids is 1. The van der Waals surface area contributed by atoms with Gasteiger partial charge >= 0.3 is 5.97 Å². The highest BCUT2D eigenvalue weighted by Gasteiger charge is 2.25. The molecule has 7 heteroatoms. The molecule has 1 saturated heterocycles. The quantitative estimate of drug-likeness (QED) is 0.692. The maximum atomic E-state index is 12.4. The largest absolute Gasteiger partial charge is 0.492 e. The molecule has 0 radical (unpaired) electrons. The van der Waals surface area contributed by atoms with Gasteiger partial charge in [0.15, 0.2) is 0 Å². The second-order valence-electron chi connectivity index (χ2n) is 6.63. The fourth-order valence-corrected chi connectivity index (χ4v) is 3.24. The number of ether oxygens (including phenoxy) is 1. The topological polar surface area (TPSA) is 92.0 Å². The summed E-state index contributed by atoms with van der Waals surface area (Å²) in [5.74, 6) is 0.385. The summed E-state index contributed by atoms with van der Waals surface area (Å²) in [5.41, 5.74) is 0.176. The third-order valence-corrected chi connectivity index (χ3v) is 4.59. The Balaban J connectivity index is 1.40. The third-order valence-electron chi connectivity index (χ3n) is 4.59. The number of rotatable bonds is 8. The highest BCUT2D eigenvalue weighted by molar-refractivity contribution is 5.88. The van der Waals surface area contributed by atoms with Crippen molar-refractivity contribution in [1.29, 1.82) is 0 Å². The third kappa shape index (κ3) is 5.59. The number of furan rings is 1. The Kier molecular flexibility index (Phi) is 6.49. The van der Waals surface area contributed by atoms with E-state index in [0.29, 0.717) is 18.8 Å². The van der Waals surface area contributed by atoms with E-state index in [4.69, 9.17) is 14.3 Å². The van der Waals surface area contributed by atoms with E-state index in [2.05, 4.69) is 10.2 Å². The molecule has 144 valence electrons. The summed E-state index contributed by atoms with van der Waals surface area (Å²) >= 11 is 0. The minimum absolute atomic E-state index is 0.0297. The Labute approximate surface area is 157 Å². The molecule has 0 aliphatic carbocycles. The molecule has 1 atom stereocenters. The van der Waals surface area contributed by atoms with Gasteiger partial charge in [0.25, 0.3) is 0 Å². The van der Waals surface area contributed by atoms with Gasteiger partial charge in [-0.1, -0.05) is 6.07 Å². The number of nitrogens with zero attached hydrogens (tertiary/aromatic N) is 1. The SMILES string of the molecule is O=C(O)c1cccc(OCCNC(=O)C2CCCN(Cc3ccco3)C2)c1. The lowest BCUT2D eigenvalue weighted by Crippen LogP contribution is -2.43. The van der Waals surface area contributed by atoms with Crippen molar-refractivity contribution in [1.82, 2.24) is 10.2 Å². The van der Waals surface area contributed by atoms with Crippen molar-refractivity contribution in [3.63, 3.8) is 0 Å². The number of amides is 1. The molecule has 27 heavy (non-hydrogen) atoms. The van der Waals surface area contributed by atoms with E-state index in [-0.39, 0.29) is 24.0 Å². The van der Waals surface area contributed by atoms with Gasteiger partial charge in [0.2, 0.25) is 5.91 Å². The maximum Gasteiger partial charge on any atom is 0.335 e. The van der Waals surface area contributed by atoms with Crippen LogP contribution in [0, 0.1) is 5.92 Å². The number of nitrogens with one attached hydrogen (secondary N) is 1. The number of hydrogen-bond acceptors (Lipinski definition) is 5. The molecule has 2 N–H and O–H groups in total. The molecular formula is C20H24N2O5. The molecule has 1 amide bonds. The minimum atomic E-state index is -0.995. The lowest BCUT2D eigenvalue weighted by molar-refractivity contribution is -0.126. The average Bonchev–Trinajstić information content (AvgIpc) is 3.18. The summed E-state index contributed by atoms with van der Waals surface area (Å²) in [6.07, 6.45) is 3.52. The van der Waals surface area contributed by atoms with Crippen LogP contribution in [0.2, 0.25) is 0 Å². The van der Waals surface area contributed by atoms with Crippen LogP contribution < -0.4 is 10.1 Å². The normalized spacial score (nSPS) is 17.4. The molecule has 1 aliphatic heterocycles. The van der Waals surface area contributed by atoms with Gasteiger partial charge in [-0.05, 0) is 49.7 Å². The first-order valence-corrected chi connectivity index (χ1v) is 9.10. The van der Waals surface area contributed by atoms with Gasteiger partial charge in [-0.2, -0.15) is 0 Å². The first-order valence-electron chi connectivity index (χ1n) is 9.10. The van der Waals surface area contributed by atoms with E-state index >= 15 is 0 Å². The molecule has 7 nitrogen and oxygen atoms in total. The van der Waals surface area contributed by atoms with E-state index in [0.717, 1.165) is 31.7 Å². The van der Waals surface area contributed by atoms with Crippen molar-refractivity contribution < 1.29 is 23.8 Å². The van der Waals surface area contributed by atoms with Gasteiger partial charge < -0.3 is 19.6 Å². The number of carboxylic acid groups (broad SMARTS) is 1. The first-order chi connectivity index (χ1) is 13.1. The van der Waals surface area contributed by atoms with Crippen molar-refractivity contribution in [2.24, 2.45) is 5.92 Å². The molecule has 1 aromatic heterocycles. The molecule has 2 heterocycles. The maximum absolute atomic E-state index is 12.4. The zero-order valence-electron chi connectivity index (χ0n) is 15.1. The molecule has 0 bridgehead atoms. The minimum Gasteiger partial charge on any atom is -0.492 e. The fourth-order valence-electron chi connectivity index (χ4n) is 3.24. The first kappa shape index (κ1) is 19.0. The van der Waals surface area contributed by atoms with E-state index < -0.39 is 5.97 Å². The van der Waals surface area contributed by atoms with Crippen LogP contribution in [0.3, 0.4) is 0 Å². The van der Waals surface area contributed by atoms with Crippen LogP contribution in [0.5, 0.6) is 5.75 Å². The summed E-state index contributed by atoms with van der Waals surface area (Å²) in [4.78, 5) is 25.6. The van der Waals surface area contributed by atoms with Crippen LogP contribution in [0.15, 0.2) is 47.1 Å². The van der Waals surface area contributed by atoms with Gasteiger partial charge in [-0.15, -0.1) is 0 Å². The summed E-state index contributed by atoms with van der Waals surface area (Å²) in [7, 11) is 0. The van der Waals surface area contributed by atoms with Gasteiger partial charge in [-0.3, -0.25) is 9.69 Å². The molecule has 3 rings (SSSR count). The molecule has 1 fully saturated rings. The van der Waals surface area contributed by atoms with Gasteiger partial charge in [0.1, 0.15) is 18.1 Å². The Hall–Kier alpha value is -2.80. The molecule has 1 aromatic carbocycles. The van der Waals surface area contributed by atoms with E-state index in [9.17, 15) is 9.59 Å². The summed E-state index contributed by atoms with van der Waals surface area (Å²) in [6.45, 7) is 3.07. The highest BCUT2D eigenvalue weighted by Crippen LogP contribution is 2.19. The van der Waals surface area contributed by atoms with Gasteiger partial charge in [0, 0.05) is 6.54 Å². The van der Waals surface area contributed by atoms with Crippen LogP contribution in [-0.4, -0.2) is 48.1 Å². The Morgan fingerprint density at radius 3 is 2.96 bits per heavy atom.